The van der Waals surface area contributed by atoms with Crippen LogP contribution >= 0.6 is 0 Å². The summed E-state index contributed by atoms with van der Waals surface area (Å²) in [5.41, 5.74) is -1.54. The molecule has 3 N–H and O–H groups in total. The number of aliphatic hydroxyl groups is 3. The van der Waals surface area contributed by atoms with E-state index in [2.05, 4.69) is 6.92 Å². The average molecular weight is 408 g/mol. The first-order chi connectivity index (χ1) is 12.2. The minimum absolute atomic E-state index is 0. The summed E-state index contributed by atoms with van der Waals surface area (Å²) in [6.45, 7) is 3.34. The molecule has 0 radical (unpaired) electrons. The van der Waals surface area contributed by atoms with E-state index >= 15 is 0 Å². The summed E-state index contributed by atoms with van der Waals surface area (Å²) in [5, 5.41) is 31.7. The molecule has 1 unspecified atom stereocenters. The van der Waals surface area contributed by atoms with Crippen molar-refractivity contribution in [2.45, 2.75) is 57.7 Å². The molecule has 0 aliphatic heterocycles. The molecule has 0 amide bonds. The monoisotopic (exact) mass is 408 g/mol. The molecule has 0 aromatic rings. The number of hydrogen-bond donors (Lipinski definition) is 3. The van der Waals surface area contributed by atoms with Crippen LogP contribution in [0.4, 0.5) is 0 Å². The summed E-state index contributed by atoms with van der Waals surface area (Å²) in [6.07, 6.45) is 7.68. The van der Waals surface area contributed by atoms with Crippen molar-refractivity contribution in [3.8, 4) is 0 Å². The Hall–Kier alpha value is 0.700. The average Bonchev–Trinajstić information content (AvgIpc) is 2.86. The van der Waals surface area contributed by atoms with E-state index in [0.29, 0.717) is 12.8 Å². The van der Waals surface area contributed by atoms with Crippen LogP contribution in [0.2, 0.25) is 0 Å². The van der Waals surface area contributed by atoms with Crippen LogP contribution in [0.1, 0.15) is 46.0 Å². The van der Waals surface area contributed by atoms with Crippen LogP contribution in [0.15, 0.2) is 23.8 Å². The Morgan fingerprint density at radius 2 is 1.93 bits per heavy atom. The molecule has 0 spiro atoms. The van der Waals surface area contributed by atoms with Crippen molar-refractivity contribution in [2.75, 3.05) is 6.61 Å². The molecular weight excluding hydrogens is 378 g/mol. The Balaban J connectivity index is 0.00000140. The predicted molar refractivity (Wildman–Crippen MR) is 109 cm³/mol. The summed E-state index contributed by atoms with van der Waals surface area (Å²) in [5.74, 6) is -0.227. The van der Waals surface area contributed by atoms with Crippen LogP contribution in [-0.4, -0.2) is 104 Å². The summed E-state index contributed by atoms with van der Waals surface area (Å²) in [7, 11) is 0. The van der Waals surface area contributed by atoms with Crippen molar-refractivity contribution in [3.63, 3.8) is 0 Å². The molecule has 4 rings (SSSR count). The number of Topliss-reactive ketones (excluding diaryl/α,β-unsaturated/α-hetero) is 1. The summed E-state index contributed by atoms with van der Waals surface area (Å²) < 4.78 is 0. The van der Waals surface area contributed by atoms with E-state index in [4.69, 9.17) is 0 Å². The number of hydrogen-bond acceptors (Lipinski definition) is 5. The maximum absolute atomic E-state index is 12.4. The Morgan fingerprint density at radius 1 is 1.25 bits per heavy atom. The van der Waals surface area contributed by atoms with Crippen LogP contribution in [-0.2, 0) is 9.59 Å². The second-order valence-corrected chi connectivity index (χ2v) is 9.19. The zero-order chi connectivity index (χ0) is 18.9. The number of fused-ring (bicyclic) bond motifs is 5. The van der Waals surface area contributed by atoms with E-state index in [1.54, 1.807) is 12.2 Å². The van der Waals surface area contributed by atoms with Gasteiger partial charge in [0.05, 0.1) is 6.10 Å². The molecule has 0 aromatic carbocycles. The van der Waals surface area contributed by atoms with Crippen LogP contribution in [0, 0.1) is 28.6 Å². The first kappa shape index (κ1) is 25.0. The van der Waals surface area contributed by atoms with Gasteiger partial charge in [0.1, 0.15) is 12.2 Å². The molecule has 4 aliphatic rings. The fraction of sp³-hybridized carbons (Fsp3) is 0.714. The van der Waals surface area contributed by atoms with Gasteiger partial charge in [0.15, 0.2) is 11.6 Å². The van der Waals surface area contributed by atoms with Gasteiger partial charge in [0, 0.05) is 16.7 Å². The number of aliphatic hydroxyl groups excluding tert-OH is 2. The Labute approximate surface area is 210 Å². The number of rotatable bonds is 2. The molecule has 5 nitrogen and oxygen atoms in total. The van der Waals surface area contributed by atoms with Crippen LogP contribution < -0.4 is 0 Å². The fourth-order valence-corrected chi connectivity index (χ4v) is 6.92. The van der Waals surface area contributed by atoms with E-state index < -0.39 is 29.5 Å². The number of allylic oxidation sites excluding steroid dienone is 4. The Kier molecular flexibility index (Phi) is 7.42. The van der Waals surface area contributed by atoms with Crippen molar-refractivity contribution < 1.29 is 24.9 Å². The van der Waals surface area contributed by atoms with Crippen molar-refractivity contribution in [1.29, 1.82) is 0 Å². The Morgan fingerprint density at radius 3 is 2.57 bits per heavy atom. The molecule has 3 fully saturated rings. The normalized spacial score (nSPS) is 46.3. The van der Waals surface area contributed by atoms with E-state index in [9.17, 15) is 24.9 Å². The molecule has 0 saturated heterocycles. The first-order valence-corrected chi connectivity index (χ1v) is 9.66. The van der Waals surface area contributed by atoms with Gasteiger partial charge in [-0.3, -0.25) is 9.59 Å². The van der Waals surface area contributed by atoms with Crippen molar-refractivity contribution in [1.82, 2.24) is 0 Å². The topological polar surface area (TPSA) is 94.8 Å². The summed E-state index contributed by atoms with van der Waals surface area (Å²) >= 11 is 0. The van der Waals surface area contributed by atoms with Gasteiger partial charge >= 0.3 is 59.1 Å². The van der Waals surface area contributed by atoms with Crippen molar-refractivity contribution in [2.24, 2.45) is 28.6 Å². The van der Waals surface area contributed by atoms with Gasteiger partial charge in [-0.2, -0.15) is 0 Å². The number of carbonyl (C=O) groups excluding carboxylic acids is 2. The van der Waals surface area contributed by atoms with Gasteiger partial charge in [0.2, 0.25) is 0 Å². The SMILES string of the molecule is C[C@]12C=CC(=O)C=C1CC[C@@H]1[C@@H]2C(O)C[C@@]2(C)[C@H]1CC[C@]2(O)C(=O)CO.[NaH].[NaH]. The number of carbonyl (C=O) groups is 2. The molecule has 0 bridgehead atoms. The minimum atomic E-state index is -1.56. The zero-order valence-electron chi connectivity index (χ0n) is 15.4. The molecule has 4 aliphatic carbocycles. The first-order valence-electron chi connectivity index (χ1n) is 9.66. The molecule has 0 aromatic heterocycles. The van der Waals surface area contributed by atoms with Gasteiger partial charge < -0.3 is 15.3 Å². The van der Waals surface area contributed by atoms with E-state index in [1.165, 1.54) is 0 Å². The molecule has 7 atom stereocenters. The van der Waals surface area contributed by atoms with Crippen LogP contribution in [0.25, 0.3) is 0 Å². The predicted octanol–water partition coefficient (Wildman–Crippen LogP) is 0.261. The standard InChI is InChI=1S/C21H28O5.2Na.2H/c1-19-7-5-13(23)9-12(19)3-4-14-15-6-8-21(26,17(25)11-22)20(15,2)10-16(24)18(14)19;;;;/h5,7,9,14-16,18,22,24,26H,3-4,6,8,10-11H2,1-2H3;;;;/t14-,15-,16?,18+,19-,20-,21-;;;;/m0..../s1. The van der Waals surface area contributed by atoms with Gasteiger partial charge in [-0.15, -0.1) is 0 Å². The Bertz CT molecular complexity index is 734. The molecule has 28 heavy (non-hydrogen) atoms. The van der Waals surface area contributed by atoms with E-state index in [1.807, 2.05) is 13.0 Å². The van der Waals surface area contributed by atoms with E-state index in [0.717, 1.165) is 24.8 Å². The second-order valence-electron chi connectivity index (χ2n) is 9.19. The third-order valence-electron chi connectivity index (χ3n) is 8.25. The third kappa shape index (κ3) is 3.25. The van der Waals surface area contributed by atoms with Crippen LogP contribution in [0.3, 0.4) is 0 Å². The van der Waals surface area contributed by atoms with Crippen molar-refractivity contribution >= 4 is 70.7 Å². The fourth-order valence-electron chi connectivity index (χ4n) is 6.92. The molecule has 7 heteroatoms. The molecule has 146 valence electrons. The molecular formula is C21H30Na2O5. The second kappa shape index (κ2) is 8.33. The van der Waals surface area contributed by atoms with Gasteiger partial charge in [0.25, 0.3) is 0 Å². The molecule has 0 heterocycles. The van der Waals surface area contributed by atoms with Crippen LogP contribution in [0.5, 0.6) is 0 Å². The number of ketones is 2. The summed E-state index contributed by atoms with van der Waals surface area (Å²) in [4.78, 5) is 24.2. The third-order valence-corrected chi connectivity index (χ3v) is 8.25. The van der Waals surface area contributed by atoms with Crippen molar-refractivity contribution in [3.05, 3.63) is 23.8 Å². The summed E-state index contributed by atoms with van der Waals surface area (Å²) in [6, 6.07) is 0. The van der Waals surface area contributed by atoms with E-state index in [-0.39, 0.29) is 88.1 Å². The molecule has 3 saturated carbocycles. The van der Waals surface area contributed by atoms with Gasteiger partial charge in [-0.1, -0.05) is 25.5 Å². The quantitative estimate of drug-likeness (QED) is 0.570. The van der Waals surface area contributed by atoms with Gasteiger partial charge in [-0.05, 0) is 56.1 Å². The maximum atomic E-state index is 12.4. The van der Waals surface area contributed by atoms with Gasteiger partial charge in [-0.25, -0.2) is 0 Å². The zero-order valence-corrected chi connectivity index (χ0v) is 15.4.